The largest absolute Gasteiger partial charge is 0.389 e. The van der Waals surface area contributed by atoms with Gasteiger partial charge in [-0.1, -0.05) is 34.1 Å². The summed E-state index contributed by atoms with van der Waals surface area (Å²) in [5.74, 6) is 2.88. The van der Waals surface area contributed by atoms with Crippen molar-refractivity contribution in [1.82, 2.24) is 4.90 Å². The lowest BCUT2D eigenvalue weighted by molar-refractivity contribution is -0.0751. The van der Waals surface area contributed by atoms with Crippen molar-refractivity contribution in [2.45, 2.75) is 72.0 Å². The molecule has 1 aliphatic heterocycles. The van der Waals surface area contributed by atoms with Gasteiger partial charge in [-0.15, -0.1) is 0 Å². The third-order valence-corrected chi connectivity index (χ3v) is 5.67. The fourth-order valence-electron chi connectivity index (χ4n) is 4.34. The molecule has 2 aliphatic rings. The summed E-state index contributed by atoms with van der Waals surface area (Å²) in [6.07, 6.45) is 6.38. The van der Waals surface area contributed by atoms with Gasteiger partial charge >= 0.3 is 0 Å². The molecule has 1 N–H and O–H groups in total. The van der Waals surface area contributed by atoms with Crippen LogP contribution in [0.4, 0.5) is 0 Å². The molecule has 3 heteroatoms. The van der Waals surface area contributed by atoms with E-state index < -0.39 is 0 Å². The third kappa shape index (κ3) is 5.50. The Morgan fingerprint density at radius 3 is 2.59 bits per heavy atom. The second-order valence-corrected chi connectivity index (χ2v) is 8.36. The van der Waals surface area contributed by atoms with Crippen molar-refractivity contribution in [1.29, 1.82) is 0 Å². The number of hydrogen-bond acceptors (Lipinski definition) is 3. The zero-order chi connectivity index (χ0) is 16.1. The van der Waals surface area contributed by atoms with E-state index in [9.17, 15) is 5.11 Å². The lowest BCUT2D eigenvalue weighted by atomic mass is 9.75. The SMILES string of the molecule is CC(C)[C@@H]1CC[C@@H](C)C[C@H]1OC[C@H](O)CN1CCC[C@H](C)C1. The van der Waals surface area contributed by atoms with Crippen molar-refractivity contribution in [3.63, 3.8) is 0 Å². The molecule has 0 radical (unpaired) electrons. The number of piperidine rings is 1. The highest BCUT2D eigenvalue weighted by Gasteiger charge is 2.32. The zero-order valence-corrected chi connectivity index (χ0v) is 15.1. The Morgan fingerprint density at radius 1 is 1.14 bits per heavy atom. The van der Waals surface area contributed by atoms with Crippen LogP contribution in [0.2, 0.25) is 0 Å². The van der Waals surface area contributed by atoms with Crippen LogP contribution in [-0.2, 0) is 4.74 Å². The van der Waals surface area contributed by atoms with Gasteiger partial charge in [-0.25, -0.2) is 0 Å². The first-order valence-electron chi connectivity index (χ1n) is 9.47. The van der Waals surface area contributed by atoms with E-state index in [-0.39, 0.29) is 6.10 Å². The molecule has 0 spiro atoms. The van der Waals surface area contributed by atoms with E-state index in [1.54, 1.807) is 0 Å². The van der Waals surface area contributed by atoms with Crippen molar-refractivity contribution in [3.05, 3.63) is 0 Å². The molecule has 22 heavy (non-hydrogen) atoms. The molecule has 1 saturated carbocycles. The second kappa shape index (κ2) is 8.65. The molecule has 1 heterocycles. The normalized spacial score (nSPS) is 35.7. The average Bonchev–Trinajstić information content (AvgIpc) is 2.45. The third-order valence-electron chi connectivity index (χ3n) is 5.67. The van der Waals surface area contributed by atoms with Crippen molar-refractivity contribution < 1.29 is 9.84 Å². The van der Waals surface area contributed by atoms with E-state index in [0.717, 1.165) is 37.9 Å². The molecule has 2 rings (SSSR count). The maximum Gasteiger partial charge on any atom is 0.0900 e. The Labute approximate surface area is 137 Å². The minimum absolute atomic E-state index is 0.338. The smallest absolute Gasteiger partial charge is 0.0900 e. The first-order valence-corrected chi connectivity index (χ1v) is 9.47. The van der Waals surface area contributed by atoms with E-state index in [1.807, 2.05) is 0 Å². The minimum Gasteiger partial charge on any atom is -0.389 e. The molecule has 0 aromatic rings. The van der Waals surface area contributed by atoms with Crippen LogP contribution in [0.25, 0.3) is 0 Å². The fourth-order valence-corrected chi connectivity index (χ4v) is 4.34. The Kier molecular flexibility index (Phi) is 7.17. The Balaban J connectivity index is 1.75. The molecule has 130 valence electrons. The standard InChI is InChI=1S/C19H37NO2/c1-14(2)18-8-7-15(3)10-19(18)22-13-17(21)12-20-9-5-6-16(4)11-20/h14-19,21H,5-13H2,1-4H3/t15-,16+,17-,18+,19-/m1/s1. The Bertz CT molecular complexity index is 321. The Morgan fingerprint density at radius 2 is 1.91 bits per heavy atom. The number of ether oxygens (including phenoxy) is 1. The summed E-state index contributed by atoms with van der Waals surface area (Å²) in [4.78, 5) is 2.41. The maximum absolute atomic E-state index is 10.3. The lowest BCUT2D eigenvalue weighted by Crippen LogP contribution is -2.42. The summed E-state index contributed by atoms with van der Waals surface area (Å²) >= 11 is 0. The average molecular weight is 312 g/mol. The van der Waals surface area contributed by atoms with Gasteiger partial charge in [0.05, 0.1) is 18.8 Å². The molecular formula is C19H37NO2. The van der Waals surface area contributed by atoms with Crippen LogP contribution in [-0.4, -0.2) is 48.5 Å². The van der Waals surface area contributed by atoms with Crippen LogP contribution in [0.5, 0.6) is 0 Å². The molecule has 0 unspecified atom stereocenters. The molecule has 0 aromatic heterocycles. The van der Waals surface area contributed by atoms with E-state index in [2.05, 4.69) is 32.6 Å². The van der Waals surface area contributed by atoms with E-state index in [4.69, 9.17) is 4.74 Å². The van der Waals surface area contributed by atoms with E-state index >= 15 is 0 Å². The highest BCUT2D eigenvalue weighted by molar-refractivity contribution is 4.82. The molecule has 1 aliphatic carbocycles. The second-order valence-electron chi connectivity index (χ2n) is 8.36. The van der Waals surface area contributed by atoms with Crippen LogP contribution in [0.1, 0.15) is 59.8 Å². The summed E-state index contributed by atoms with van der Waals surface area (Å²) < 4.78 is 6.18. The molecule has 0 amide bonds. The van der Waals surface area contributed by atoms with Crippen LogP contribution < -0.4 is 0 Å². The van der Waals surface area contributed by atoms with Gasteiger partial charge in [0.25, 0.3) is 0 Å². The summed E-state index contributed by atoms with van der Waals surface area (Å²) in [5, 5.41) is 10.3. The van der Waals surface area contributed by atoms with Gasteiger partial charge in [-0.2, -0.15) is 0 Å². The Hall–Kier alpha value is -0.120. The van der Waals surface area contributed by atoms with Gasteiger partial charge in [0.2, 0.25) is 0 Å². The van der Waals surface area contributed by atoms with E-state index in [1.165, 1.54) is 25.7 Å². The predicted molar refractivity (Wildman–Crippen MR) is 91.9 cm³/mol. The number of rotatable bonds is 6. The number of aliphatic hydroxyl groups is 1. The topological polar surface area (TPSA) is 32.7 Å². The summed E-state index contributed by atoms with van der Waals surface area (Å²) in [6, 6.07) is 0. The highest BCUT2D eigenvalue weighted by Crippen LogP contribution is 2.35. The summed E-state index contributed by atoms with van der Waals surface area (Å²) in [6.45, 7) is 12.8. The van der Waals surface area contributed by atoms with Gasteiger partial charge < -0.3 is 14.7 Å². The molecule has 2 fully saturated rings. The maximum atomic E-state index is 10.3. The first-order chi connectivity index (χ1) is 10.5. The molecule has 1 saturated heterocycles. The van der Waals surface area contributed by atoms with Crippen LogP contribution in [0.15, 0.2) is 0 Å². The quantitative estimate of drug-likeness (QED) is 0.814. The minimum atomic E-state index is -0.338. The molecular weight excluding hydrogens is 274 g/mol. The molecule has 0 bridgehead atoms. The van der Waals surface area contributed by atoms with Crippen LogP contribution in [0.3, 0.4) is 0 Å². The van der Waals surface area contributed by atoms with Crippen molar-refractivity contribution in [3.8, 4) is 0 Å². The number of likely N-dealkylation sites (tertiary alicyclic amines) is 1. The van der Waals surface area contributed by atoms with Gasteiger partial charge in [-0.05, 0) is 55.9 Å². The number of hydrogen-bond donors (Lipinski definition) is 1. The predicted octanol–water partition coefficient (Wildman–Crippen LogP) is 3.56. The lowest BCUT2D eigenvalue weighted by Gasteiger charge is -2.38. The number of aliphatic hydroxyl groups excluding tert-OH is 1. The molecule has 0 aromatic carbocycles. The van der Waals surface area contributed by atoms with Crippen LogP contribution >= 0.6 is 0 Å². The zero-order valence-electron chi connectivity index (χ0n) is 15.1. The van der Waals surface area contributed by atoms with Gasteiger partial charge in [-0.3, -0.25) is 0 Å². The molecule has 5 atom stereocenters. The first kappa shape index (κ1) is 18.2. The van der Waals surface area contributed by atoms with Crippen LogP contribution in [0, 0.1) is 23.7 Å². The van der Waals surface area contributed by atoms with Crippen molar-refractivity contribution in [2.75, 3.05) is 26.2 Å². The number of nitrogens with zero attached hydrogens (tertiary/aromatic N) is 1. The van der Waals surface area contributed by atoms with Gasteiger partial charge in [0.1, 0.15) is 0 Å². The monoisotopic (exact) mass is 311 g/mol. The number of β-amino-alcohol motifs (C(OH)–C–C–N with tert-alkyl or cyclic N) is 1. The fraction of sp³-hybridized carbons (Fsp3) is 1.00. The summed E-state index contributed by atoms with van der Waals surface area (Å²) in [7, 11) is 0. The van der Waals surface area contributed by atoms with E-state index in [0.29, 0.717) is 24.5 Å². The molecule has 3 nitrogen and oxygen atoms in total. The van der Waals surface area contributed by atoms with Gasteiger partial charge in [0.15, 0.2) is 0 Å². The van der Waals surface area contributed by atoms with Crippen molar-refractivity contribution in [2.24, 2.45) is 23.7 Å². The van der Waals surface area contributed by atoms with Crippen molar-refractivity contribution >= 4 is 0 Å². The highest BCUT2D eigenvalue weighted by atomic mass is 16.5. The van der Waals surface area contributed by atoms with Gasteiger partial charge in [0, 0.05) is 13.1 Å². The summed E-state index contributed by atoms with van der Waals surface area (Å²) in [5.41, 5.74) is 0.